The maximum absolute atomic E-state index is 12.5. The van der Waals surface area contributed by atoms with E-state index in [0.717, 1.165) is 31.6 Å². The highest BCUT2D eigenvalue weighted by molar-refractivity contribution is 7.85. The maximum Gasteiger partial charge on any atom is 0.408 e. The largest absolute Gasteiger partial charge is 0.465 e. The predicted molar refractivity (Wildman–Crippen MR) is 127 cm³/mol. The molecule has 3 fully saturated rings. The molecule has 178 valence electrons. The van der Waals surface area contributed by atoms with Gasteiger partial charge < -0.3 is 10.0 Å². The lowest BCUT2D eigenvalue weighted by Crippen LogP contribution is -2.64. The van der Waals surface area contributed by atoms with Crippen LogP contribution in [0.3, 0.4) is 0 Å². The molecule has 2 N–H and O–H groups in total. The van der Waals surface area contributed by atoms with Crippen molar-refractivity contribution < 1.29 is 22.9 Å². The lowest BCUT2D eigenvalue weighted by Gasteiger charge is -2.58. The van der Waals surface area contributed by atoms with Gasteiger partial charge in [-0.3, -0.25) is 9.45 Å². The summed E-state index contributed by atoms with van der Waals surface area (Å²) in [4.78, 5) is 16.8. The van der Waals surface area contributed by atoms with E-state index >= 15 is 0 Å². The zero-order valence-corrected chi connectivity index (χ0v) is 19.7. The molecule has 0 aliphatic carbocycles. The average Bonchev–Trinajstić information content (AvgIpc) is 2.84. The molecule has 2 aromatic rings. The molecule has 8 heteroatoms. The number of amides is 1. The lowest BCUT2D eigenvalue weighted by molar-refractivity contribution is -0.0422. The quantitative estimate of drug-likeness (QED) is 0.661. The number of hydrogen-bond acceptors (Lipinski definition) is 4. The van der Waals surface area contributed by atoms with Gasteiger partial charge in [0.1, 0.15) is 5.54 Å². The van der Waals surface area contributed by atoms with E-state index < -0.39 is 21.8 Å². The zero-order valence-electron chi connectivity index (χ0n) is 18.9. The Bertz CT molecular complexity index is 1080. The number of piperidine rings is 3. The first-order chi connectivity index (χ1) is 15.8. The fourth-order valence-electron chi connectivity index (χ4n) is 5.97. The van der Waals surface area contributed by atoms with E-state index in [4.69, 9.17) is 4.55 Å². The monoisotopic (exact) mass is 472 g/mol. The number of rotatable bonds is 3. The van der Waals surface area contributed by atoms with Crippen LogP contribution in [-0.4, -0.2) is 65.9 Å². The first-order valence-corrected chi connectivity index (χ1v) is 13.2. The predicted octanol–water partition coefficient (Wildman–Crippen LogP) is 3.70. The molecular formula is C25H32N2O5S. The first kappa shape index (κ1) is 23.7. The summed E-state index contributed by atoms with van der Waals surface area (Å²) in [5.74, 6) is 0.663. The van der Waals surface area contributed by atoms with E-state index in [-0.39, 0.29) is 5.75 Å². The average molecular weight is 473 g/mol. The van der Waals surface area contributed by atoms with Gasteiger partial charge in [0, 0.05) is 19.0 Å². The Balaban J connectivity index is 0.000000385. The van der Waals surface area contributed by atoms with Gasteiger partial charge in [-0.2, -0.15) is 8.42 Å². The van der Waals surface area contributed by atoms with Gasteiger partial charge in [0.25, 0.3) is 10.1 Å². The fraction of sp³-hybridized carbons (Fsp3) is 0.480. The number of carbonyl (C=O) groups is 1. The van der Waals surface area contributed by atoms with Crippen molar-refractivity contribution in [3.8, 4) is 0 Å². The van der Waals surface area contributed by atoms with Gasteiger partial charge in [0.2, 0.25) is 0 Å². The Morgan fingerprint density at radius 1 is 1.03 bits per heavy atom. The van der Waals surface area contributed by atoms with E-state index in [0.29, 0.717) is 18.4 Å². The number of fused-ring (bicyclic) bond motifs is 4. The van der Waals surface area contributed by atoms with Crippen LogP contribution >= 0.6 is 0 Å². The maximum atomic E-state index is 12.5. The van der Waals surface area contributed by atoms with Crippen molar-refractivity contribution in [1.82, 2.24) is 9.80 Å². The van der Waals surface area contributed by atoms with Crippen molar-refractivity contribution in [2.45, 2.75) is 31.7 Å². The number of nitrogens with zero attached hydrogens (tertiary/aromatic N) is 2. The third-order valence-corrected chi connectivity index (χ3v) is 8.19. The molecule has 0 spiro atoms. The molecule has 0 saturated carbocycles. The van der Waals surface area contributed by atoms with Crippen LogP contribution in [0.2, 0.25) is 0 Å². The molecule has 0 aromatic heterocycles. The fourth-order valence-corrected chi connectivity index (χ4v) is 5.97. The second-order valence-electron chi connectivity index (χ2n) is 9.09. The van der Waals surface area contributed by atoms with E-state index in [2.05, 4.69) is 53.4 Å². The Kier molecular flexibility index (Phi) is 6.79. The highest BCUT2D eigenvalue weighted by Gasteiger charge is 2.56. The molecule has 3 saturated heterocycles. The molecule has 33 heavy (non-hydrogen) atoms. The molecule has 1 amide bonds. The Morgan fingerprint density at radius 3 is 2.18 bits per heavy atom. The van der Waals surface area contributed by atoms with Gasteiger partial charge in [-0.05, 0) is 61.9 Å². The van der Waals surface area contributed by atoms with Crippen molar-refractivity contribution in [2.24, 2.45) is 11.8 Å². The molecule has 4 aliphatic heterocycles. The first-order valence-electron chi connectivity index (χ1n) is 11.6. The molecule has 2 bridgehead atoms. The Morgan fingerprint density at radius 2 is 1.64 bits per heavy atom. The molecule has 2 aromatic carbocycles. The van der Waals surface area contributed by atoms with Crippen molar-refractivity contribution in [3.63, 3.8) is 0 Å². The lowest BCUT2D eigenvalue weighted by atomic mass is 9.60. The van der Waals surface area contributed by atoms with Crippen LogP contribution in [0.4, 0.5) is 4.79 Å². The van der Waals surface area contributed by atoms with Crippen LogP contribution in [0.5, 0.6) is 0 Å². The summed E-state index contributed by atoms with van der Waals surface area (Å²) in [7, 11) is -3.66. The molecule has 6 rings (SSSR count). The van der Waals surface area contributed by atoms with Crippen molar-refractivity contribution in [2.75, 3.05) is 31.9 Å². The smallest absolute Gasteiger partial charge is 0.408 e. The SMILES string of the molecule is CCS(=O)(=O)O.O=C(O)N1CCc2ccccc2[C@]1(c1ccccc1)[C@H]1CN2CCC1CC2. The summed E-state index contributed by atoms with van der Waals surface area (Å²) in [6.45, 7) is 5.22. The van der Waals surface area contributed by atoms with Gasteiger partial charge in [0.05, 0.1) is 5.75 Å². The zero-order chi connectivity index (χ0) is 23.6. The summed E-state index contributed by atoms with van der Waals surface area (Å²) >= 11 is 0. The highest BCUT2D eigenvalue weighted by atomic mass is 32.2. The van der Waals surface area contributed by atoms with E-state index in [9.17, 15) is 18.3 Å². The second-order valence-corrected chi connectivity index (χ2v) is 10.8. The minimum absolute atomic E-state index is 0.201. The summed E-state index contributed by atoms with van der Waals surface area (Å²) in [5.41, 5.74) is 3.03. The highest BCUT2D eigenvalue weighted by Crippen LogP contribution is 2.52. The molecule has 4 heterocycles. The van der Waals surface area contributed by atoms with Gasteiger partial charge >= 0.3 is 6.09 Å². The normalized spacial score (nSPS) is 28.4. The second kappa shape index (κ2) is 9.44. The summed E-state index contributed by atoms with van der Waals surface area (Å²) < 4.78 is 26.9. The van der Waals surface area contributed by atoms with Crippen LogP contribution in [0.15, 0.2) is 54.6 Å². The van der Waals surface area contributed by atoms with Gasteiger partial charge in [-0.15, -0.1) is 0 Å². The minimum Gasteiger partial charge on any atom is -0.465 e. The van der Waals surface area contributed by atoms with Crippen LogP contribution in [0.25, 0.3) is 0 Å². The molecule has 0 radical (unpaired) electrons. The number of hydrogen-bond donors (Lipinski definition) is 2. The summed E-state index contributed by atoms with van der Waals surface area (Å²) in [5, 5.41) is 10.3. The standard InChI is InChI=1S/C23H26N2O2.C2H6O3S/c26-22(27)25-15-12-17-6-4-5-9-20(17)23(25,19-7-2-1-3-8-19)21-16-24-13-10-18(21)11-14-24;1-2-6(3,4)5/h1-9,18,21H,10-16H2,(H,26,27);2H2,1H3,(H,3,4,5)/t21-,23+;/m0./s1. The van der Waals surface area contributed by atoms with Gasteiger partial charge in [-0.25, -0.2) is 4.79 Å². The van der Waals surface area contributed by atoms with Crippen LogP contribution in [-0.2, 0) is 22.1 Å². The Hall–Kier alpha value is -2.42. The minimum atomic E-state index is -3.66. The van der Waals surface area contributed by atoms with Gasteiger partial charge in [0.15, 0.2) is 0 Å². The number of carboxylic acid groups (broad SMARTS) is 1. The van der Waals surface area contributed by atoms with Crippen molar-refractivity contribution in [1.29, 1.82) is 0 Å². The van der Waals surface area contributed by atoms with E-state index in [1.54, 1.807) is 4.90 Å². The molecular weight excluding hydrogens is 440 g/mol. The number of benzene rings is 2. The topological polar surface area (TPSA) is 98.1 Å². The van der Waals surface area contributed by atoms with Crippen molar-refractivity contribution >= 4 is 16.2 Å². The van der Waals surface area contributed by atoms with Crippen LogP contribution in [0.1, 0.15) is 36.5 Å². The third-order valence-electron chi connectivity index (χ3n) is 7.46. The molecule has 0 unspecified atom stereocenters. The van der Waals surface area contributed by atoms with E-state index in [1.807, 2.05) is 6.07 Å². The summed E-state index contributed by atoms with van der Waals surface area (Å²) in [6, 6.07) is 18.9. The van der Waals surface area contributed by atoms with Crippen molar-refractivity contribution in [3.05, 3.63) is 71.3 Å². The summed E-state index contributed by atoms with van der Waals surface area (Å²) in [6.07, 6.45) is 2.34. The van der Waals surface area contributed by atoms with Gasteiger partial charge in [-0.1, -0.05) is 54.6 Å². The molecule has 2 atom stereocenters. The Labute approximate surface area is 195 Å². The van der Waals surface area contributed by atoms with Crippen LogP contribution in [0, 0.1) is 11.8 Å². The molecule has 7 nitrogen and oxygen atoms in total. The van der Waals surface area contributed by atoms with Crippen LogP contribution < -0.4 is 0 Å². The molecule has 4 aliphatic rings. The third kappa shape index (κ3) is 4.52. The van der Waals surface area contributed by atoms with E-state index in [1.165, 1.54) is 30.9 Å².